The van der Waals surface area contributed by atoms with Crippen molar-refractivity contribution in [2.45, 2.75) is 0 Å². The van der Waals surface area contributed by atoms with Crippen LogP contribution in [0.25, 0.3) is 78.0 Å². The number of aromatic nitrogens is 6. The molecular weight excluding hydrogens is 723 g/mol. The first-order chi connectivity index (χ1) is 29.2. The fourth-order valence-electron chi connectivity index (χ4n) is 8.16. The molecule has 7 nitrogen and oxygen atoms in total. The fourth-order valence-corrected chi connectivity index (χ4v) is 8.16. The molecule has 7 heteroatoms. The van der Waals surface area contributed by atoms with E-state index in [-0.39, 0.29) is 0 Å². The van der Waals surface area contributed by atoms with Gasteiger partial charge in [0.15, 0.2) is 11.6 Å². The Hall–Kier alpha value is -8.16. The quantitative estimate of drug-likeness (QED) is 0.154. The Morgan fingerprint density at radius 1 is 0.356 bits per heavy atom. The molecule has 0 spiro atoms. The van der Waals surface area contributed by atoms with Gasteiger partial charge < -0.3 is 14.0 Å². The van der Waals surface area contributed by atoms with E-state index in [2.05, 4.69) is 210 Å². The molecule has 11 rings (SSSR count). The molecule has 0 radical (unpaired) electrons. The number of anilines is 3. The zero-order valence-electron chi connectivity index (χ0n) is 31.8. The molecule has 11 aromatic rings. The molecule has 4 aromatic heterocycles. The molecule has 0 bridgehead atoms. The number of nitrogens with zero attached hydrogens (tertiary/aromatic N) is 7. The zero-order chi connectivity index (χ0) is 39.1. The van der Waals surface area contributed by atoms with Crippen LogP contribution in [0, 0.1) is 0 Å². The molecule has 0 aliphatic rings. The topological polar surface area (TPSA) is 64.7 Å². The van der Waals surface area contributed by atoms with Crippen molar-refractivity contribution < 1.29 is 0 Å². The van der Waals surface area contributed by atoms with Crippen LogP contribution in [0.2, 0.25) is 0 Å². The van der Waals surface area contributed by atoms with Crippen LogP contribution in [0.15, 0.2) is 213 Å². The van der Waals surface area contributed by atoms with Crippen LogP contribution in [0.4, 0.5) is 17.1 Å². The van der Waals surface area contributed by atoms with Gasteiger partial charge in [0.25, 0.3) is 0 Å². The number of hydrogen-bond acceptors (Lipinski definition) is 5. The Kier molecular flexibility index (Phi) is 8.33. The van der Waals surface area contributed by atoms with Gasteiger partial charge in [-0.25, -0.2) is 19.9 Å². The third-order valence-corrected chi connectivity index (χ3v) is 11.0. The summed E-state index contributed by atoms with van der Waals surface area (Å²) in [6.07, 6.45) is 9.24. The van der Waals surface area contributed by atoms with E-state index in [1.807, 2.05) is 12.1 Å². The molecule has 4 heterocycles. The van der Waals surface area contributed by atoms with E-state index in [0.717, 1.165) is 50.7 Å². The smallest absolute Gasteiger partial charge is 0.159 e. The molecule has 7 aromatic carbocycles. The normalized spacial score (nSPS) is 11.4. The van der Waals surface area contributed by atoms with Crippen LogP contribution in [-0.4, -0.2) is 29.1 Å². The molecule has 0 N–H and O–H groups in total. The van der Waals surface area contributed by atoms with Gasteiger partial charge in [0.1, 0.15) is 0 Å². The van der Waals surface area contributed by atoms with Crippen LogP contribution in [0.3, 0.4) is 0 Å². The molecule has 0 saturated heterocycles. The minimum absolute atomic E-state index is 0.695. The van der Waals surface area contributed by atoms with Crippen LogP contribution in [0.1, 0.15) is 0 Å². The summed E-state index contributed by atoms with van der Waals surface area (Å²) in [7, 11) is 0. The van der Waals surface area contributed by atoms with Gasteiger partial charge in [-0.15, -0.1) is 0 Å². The summed E-state index contributed by atoms with van der Waals surface area (Å²) in [5.41, 5.74) is 13.1. The second kappa shape index (κ2) is 14.4. The average Bonchev–Trinajstić information content (AvgIpc) is 3.88. The molecular formula is C52H35N7. The van der Waals surface area contributed by atoms with Crippen molar-refractivity contribution in [2.24, 2.45) is 0 Å². The molecule has 59 heavy (non-hydrogen) atoms. The largest absolute Gasteiger partial charge is 0.316 e. The first kappa shape index (κ1) is 34.1. The summed E-state index contributed by atoms with van der Waals surface area (Å²) in [5, 5.41) is 3.64. The van der Waals surface area contributed by atoms with Gasteiger partial charge in [-0.3, -0.25) is 0 Å². The third-order valence-electron chi connectivity index (χ3n) is 11.0. The highest BCUT2D eigenvalue weighted by molar-refractivity contribution is 6.14. The Balaban J connectivity index is 1.00. The van der Waals surface area contributed by atoms with Crippen molar-refractivity contribution in [3.63, 3.8) is 0 Å². The monoisotopic (exact) mass is 757 g/mol. The van der Waals surface area contributed by atoms with Crippen LogP contribution in [-0.2, 0) is 0 Å². The first-order valence-corrected chi connectivity index (χ1v) is 19.6. The maximum absolute atomic E-state index is 4.46. The van der Waals surface area contributed by atoms with E-state index >= 15 is 0 Å². The number of fused-ring (bicyclic) bond motifs is 4. The lowest BCUT2D eigenvalue weighted by Gasteiger charge is -2.26. The fraction of sp³-hybridized carbons (Fsp3) is 0. The minimum Gasteiger partial charge on any atom is -0.316 e. The summed E-state index contributed by atoms with van der Waals surface area (Å²) in [4.78, 5) is 20.1. The summed E-state index contributed by atoms with van der Waals surface area (Å²) in [6, 6.07) is 64.2. The first-order valence-electron chi connectivity index (χ1n) is 19.6. The van der Waals surface area contributed by atoms with Gasteiger partial charge >= 0.3 is 0 Å². The predicted molar refractivity (Wildman–Crippen MR) is 240 cm³/mol. The van der Waals surface area contributed by atoms with Gasteiger partial charge in [0.2, 0.25) is 0 Å². The van der Waals surface area contributed by atoms with Crippen molar-refractivity contribution in [3.05, 3.63) is 213 Å². The Morgan fingerprint density at radius 2 is 0.847 bits per heavy atom. The Bertz CT molecular complexity index is 3130. The predicted octanol–water partition coefficient (Wildman–Crippen LogP) is 12.8. The Labute approximate surface area is 340 Å². The average molecular weight is 758 g/mol. The van der Waals surface area contributed by atoms with Gasteiger partial charge in [-0.05, 0) is 139 Å². The number of hydrogen-bond donors (Lipinski definition) is 0. The van der Waals surface area contributed by atoms with Crippen LogP contribution >= 0.6 is 0 Å². The highest BCUT2D eigenvalue weighted by atomic mass is 15.1. The molecule has 278 valence electrons. The van der Waals surface area contributed by atoms with Gasteiger partial charge in [0, 0.05) is 86.7 Å². The minimum atomic E-state index is 0.695. The lowest BCUT2D eigenvalue weighted by Crippen LogP contribution is -2.10. The van der Waals surface area contributed by atoms with Crippen molar-refractivity contribution in [2.75, 3.05) is 4.90 Å². The molecule has 0 aliphatic heterocycles. The second-order valence-electron chi connectivity index (χ2n) is 14.5. The SMILES string of the molecule is c1ccc(-n2ccc3cc4c5cc(-c6ccc(N(c7ccc(-c8ncccn8)cc7)c7ccc(-c8ncccn8)cc7)cc6)ccc5n(-c5ccccc5)c4cc32)cc1. The molecule has 0 saturated carbocycles. The lowest BCUT2D eigenvalue weighted by atomic mass is 10.0. The number of para-hydroxylation sites is 2. The summed E-state index contributed by atoms with van der Waals surface area (Å²) >= 11 is 0. The maximum atomic E-state index is 4.46. The van der Waals surface area contributed by atoms with Gasteiger partial charge in [-0.2, -0.15) is 0 Å². The second-order valence-corrected chi connectivity index (χ2v) is 14.5. The van der Waals surface area contributed by atoms with E-state index in [4.69, 9.17) is 0 Å². The van der Waals surface area contributed by atoms with Crippen molar-refractivity contribution in [1.29, 1.82) is 0 Å². The number of rotatable bonds is 8. The van der Waals surface area contributed by atoms with E-state index in [9.17, 15) is 0 Å². The molecule has 0 fully saturated rings. The van der Waals surface area contributed by atoms with E-state index in [0.29, 0.717) is 11.6 Å². The van der Waals surface area contributed by atoms with Gasteiger partial charge in [-0.1, -0.05) is 54.6 Å². The Morgan fingerprint density at radius 3 is 1.41 bits per heavy atom. The van der Waals surface area contributed by atoms with E-state index in [1.165, 1.54) is 32.7 Å². The number of benzene rings is 7. The van der Waals surface area contributed by atoms with Crippen molar-refractivity contribution in [1.82, 2.24) is 29.1 Å². The lowest BCUT2D eigenvalue weighted by molar-refractivity contribution is 1.12. The summed E-state index contributed by atoms with van der Waals surface area (Å²) in [6.45, 7) is 0. The molecule has 0 amide bonds. The molecule has 0 atom stereocenters. The molecule has 0 unspecified atom stereocenters. The standard InChI is InChI=1S/C52H35N7/c1-3-9-41(10-4-1)57-32-27-40-34-47-46-33-39(19-26-48(46)59(50(47)35-49(40)57)42-11-5-2-6-12-42)36-13-20-43(21-14-36)58(44-22-15-37(16-23-44)51-53-28-7-29-54-51)45-24-17-38(18-25-45)52-55-30-8-31-56-52/h1-35H. The summed E-state index contributed by atoms with van der Waals surface area (Å²) in [5.74, 6) is 1.39. The van der Waals surface area contributed by atoms with Crippen molar-refractivity contribution in [3.8, 4) is 45.3 Å². The van der Waals surface area contributed by atoms with Crippen LogP contribution in [0.5, 0.6) is 0 Å². The van der Waals surface area contributed by atoms with Crippen LogP contribution < -0.4 is 4.90 Å². The zero-order valence-corrected chi connectivity index (χ0v) is 31.8. The summed E-state index contributed by atoms with van der Waals surface area (Å²) < 4.78 is 4.66. The molecule has 0 aliphatic carbocycles. The highest BCUT2D eigenvalue weighted by Crippen LogP contribution is 2.40. The highest BCUT2D eigenvalue weighted by Gasteiger charge is 2.18. The maximum Gasteiger partial charge on any atom is 0.159 e. The van der Waals surface area contributed by atoms with E-state index in [1.54, 1.807) is 24.8 Å². The van der Waals surface area contributed by atoms with E-state index < -0.39 is 0 Å². The van der Waals surface area contributed by atoms with Gasteiger partial charge in [0.05, 0.1) is 16.6 Å². The van der Waals surface area contributed by atoms with Crippen molar-refractivity contribution >= 4 is 49.8 Å². The third kappa shape index (κ3) is 6.18.